The third kappa shape index (κ3) is 7.65. The fourth-order valence-corrected chi connectivity index (χ4v) is 1.90. The second-order valence-corrected chi connectivity index (χ2v) is 4.86. The smallest absolute Gasteiger partial charge is 0.462 e. The zero-order valence-corrected chi connectivity index (χ0v) is 15.6. The minimum atomic E-state index is -0.799. The van der Waals surface area contributed by atoms with E-state index in [0.717, 1.165) is 0 Å². The van der Waals surface area contributed by atoms with Gasteiger partial charge in [0.1, 0.15) is 5.57 Å². The zero-order valence-electron chi connectivity index (χ0n) is 15.6. The highest BCUT2D eigenvalue weighted by atomic mass is 16.7. The van der Waals surface area contributed by atoms with Crippen LogP contribution >= 0.6 is 0 Å². The van der Waals surface area contributed by atoms with Crippen LogP contribution in [0.4, 0.5) is 4.79 Å². The zero-order chi connectivity index (χ0) is 20.1. The van der Waals surface area contributed by atoms with Gasteiger partial charge in [-0.15, -0.1) is 0 Å². The first kappa shape index (κ1) is 21.8. The van der Waals surface area contributed by atoms with Crippen LogP contribution < -0.4 is 0 Å². The Morgan fingerprint density at radius 2 is 1.48 bits per heavy atom. The SMILES string of the molecule is CCOC(=O)OCC#Cc1ccccc1C=C(C(=O)OCC)C(=O)OCC. The van der Waals surface area contributed by atoms with E-state index in [9.17, 15) is 14.4 Å². The molecule has 1 aromatic rings. The Hall–Kier alpha value is -3.27. The van der Waals surface area contributed by atoms with Crippen LogP contribution in [0.15, 0.2) is 29.8 Å². The molecule has 0 aliphatic rings. The summed E-state index contributed by atoms with van der Waals surface area (Å²) >= 11 is 0. The summed E-state index contributed by atoms with van der Waals surface area (Å²) in [5, 5.41) is 0. The lowest BCUT2D eigenvalue weighted by Gasteiger charge is -2.07. The van der Waals surface area contributed by atoms with Crippen molar-refractivity contribution in [3.63, 3.8) is 0 Å². The van der Waals surface area contributed by atoms with E-state index in [2.05, 4.69) is 16.6 Å². The van der Waals surface area contributed by atoms with Crippen LogP contribution in [0.25, 0.3) is 6.08 Å². The minimum absolute atomic E-state index is 0.127. The average molecular weight is 374 g/mol. The Morgan fingerprint density at radius 3 is 2.07 bits per heavy atom. The summed E-state index contributed by atoms with van der Waals surface area (Å²) in [6, 6.07) is 6.88. The van der Waals surface area contributed by atoms with Gasteiger partial charge in [0.25, 0.3) is 0 Å². The van der Waals surface area contributed by atoms with Crippen molar-refractivity contribution in [3.8, 4) is 11.8 Å². The fraction of sp³-hybridized carbons (Fsp3) is 0.350. The minimum Gasteiger partial charge on any atom is -0.462 e. The third-order valence-corrected chi connectivity index (χ3v) is 3.00. The Morgan fingerprint density at radius 1 is 0.889 bits per heavy atom. The number of hydrogen-bond donors (Lipinski definition) is 0. The van der Waals surface area contributed by atoms with E-state index in [4.69, 9.17) is 14.2 Å². The van der Waals surface area contributed by atoms with Gasteiger partial charge >= 0.3 is 18.1 Å². The first-order valence-electron chi connectivity index (χ1n) is 8.46. The maximum Gasteiger partial charge on any atom is 0.509 e. The Bertz CT molecular complexity index is 733. The summed E-state index contributed by atoms with van der Waals surface area (Å²) < 4.78 is 19.2. The molecule has 7 heteroatoms. The highest BCUT2D eigenvalue weighted by molar-refractivity contribution is 6.17. The van der Waals surface area contributed by atoms with Crippen molar-refractivity contribution in [2.75, 3.05) is 26.4 Å². The Balaban J connectivity index is 3.07. The second kappa shape index (κ2) is 12.1. The normalized spacial score (nSPS) is 9.30. The van der Waals surface area contributed by atoms with E-state index in [1.54, 1.807) is 45.0 Å². The topological polar surface area (TPSA) is 88.1 Å². The van der Waals surface area contributed by atoms with Gasteiger partial charge in [0.2, 0.25) is 0 Å². The molecule has 1 aromatic carbocycles. The van der Waals surface area contributed by atoms with Crippen molar-refractivity contribution in [2.45, 2.75) is 20.8 Å². The van der Waals surface area contributed by atoms with E-state index in [0.29, 0.717) is 11.1 Å². The number of carbonyl (C=O) groups excluding carboxylic acids is 3. The van der Waals surface area contributed by atoms with Crippen LogP contribution in [0, 0.1) is 11.8 Å². The lowest BCUT2D eigenvalue weighted by Crippen LogP contribution is -2.18. The molecule has 0 saturated carbocycles. The van der Waals surface area contributed by atoms with Crippen LogP contribution in [0.1, 0.15) is 31.9 Å². The number of esters is 2. The van der Waals surface area contributed by atoms with Gasteiger partial charge in [-0.05, 0) is 38.5 Å². The molecule has 0 heterocycles. The van der Waals surface area contributed by atoms with Gasteiger partial charge in [0.05, 0.1) is 19.8 Å². The van der Waals surface area contributed by atoms with Gasteiger partial charge < -0.3 is 18.9 Å². The van der Waals surface area contributed by atoms with Crippen molar-refractivity contribution in [2.24, 2.45) is 0 Å². The number of carbonyl (C=O) groups is 3. The van der Waals surface area contributed by atoms with Crippen LogP contribution in [-0.4, -0.2) is 44.5 Å². The number of ether oxygens (including phenoxy) is 4. The maximum atomic E-state index is 12.1. The van der Waals surface area contributed by atoms with E-state index in [-0.39, 0.29) is 32.0 Å². The predicted molar refractivity (Wildman–Crippen MR) is 97.5 cm³/mol. The molecule has 0 amide bonds. The van der Waals surface area contributed by atoms with Gasteiger partial charge in [0.15, 0.2) is 6.61 Å². The van der Waals surface area contributed by atoms with Gasteiger partial charge in [0, 0.05) is 5.56 Å². The molecule has 1 rings (SSSR count). The van der Waals surface area contributed by atoms with Crippen molar-refractivity contribution in [1.82, 2.24) is 0 Å². The molecule has 0 fully saturated rings. The molecular formula is C20H22O7. The molecule has 7 nitrogen and oxygen atoms in total. The molecule has 0 N–H and O–H groups in total. The van der Waals surface area contributed by atoms with Gasteiger partial charge in [-0.25, -0.2) is 14.4 Å². The lowest BCUT2D eigenvalue weighted by atomic mass is 10.0. The Kier molecular flexibility index (Phi) is 9.79. The molecule has 27 heavy (non-hydrogen) atoms. The first-order valence-corrected chi connectivity index (χ1v) is 8.46. The molecule has 0 bridgehead atoms. The molecule has 0 spiro atoms. The van der Waals surface area contributed by atoms with Crippen molar-refractivity contribution >= 4 is 24.2 Å². The average Bonchev–Trinajstić information content (AvgIpc) is 2.64. The second-order valence-electron chi connectivity index (χ2n) is 4.86. The molecule has 0 aromatic heterocycles. The summed E-state index contributed by atoms with van der Waals surface area (Å²) in [5.74, 6) is 3.96. The maximum absolute atomic E-state index is 12.1. The number of benzene rings is 1. The predicted octanol–water partition coefficient (Wildman–Crippen LogP) is 2.72. The molecule has 0 aliphatic heterocycles. The summed E-state index contributed by atoms with van der Waals surface area (Å²) in [5.41, 5.74) is 0.837. The molecule has 144 valence electrons. The van der Waals surface area contributed by atoms with Crippen LogP contribution in [-0.2, 0) is 28.5 Å². The summed E-state index contributed by atoms with van der Waals surface area (Å²) in [6.07, 6.45) is 0.568. The molecule has 0 unspecified atom stereocenters. The standard InChI is InChI=1S/C20H22O7/c1-4-24-18(21)17(19(22)25-5-2)14-16-11-8-7-10-15(16)12-9-13-27-20(23)26-6-3/h7-8,10-11,14H,4-6,13H2,1-3H3. The highest BCUT2D eigenvalue weighted by Gasteiger charge is 2.21. The van der Waals surface area contributed by atoms with Gasteiger partial charge in [-0.1, -0.05) is 30.0 Å². The Labute approximate surface area is 158 Å². The largest absolute Gasteiger partial charge is 0.509 e. The highest BCUT2D eigenvalue weighted by Crippen LogP contribution is 2.14. The van der Waals surface area contributed by atoms with E-state index in [1.807, 2.05) is 0 Å². The summed E-state index contributed by atoms with van der Waals surface area (Å²) in [7, 11) is 0. The third-order valence-electron chi connectivity index (χ3n) is 3.00. The molecule has 0 aliphatic carbocycles. The first-order chi connectivity index (χ1) is 13.0. The van der Waals surface area contributed by atoms with Gasteiger partial charge in [-0.2, -0.15) is 0 Å². The van der Waals surface area contributed by atoms with Gasteiger partial charge in [-0.3, -0.25) is 0 Å². The molecular weight excluding hydrogens is 352 g/mol. The quantitative estimate of drug-likeness (QED) is 0.181. The van der Waals surface area contributed by atoms with E-state index < -0.39 is 18.1 Å². The number of rotatable bonds is 7. The molecule has 0 radical (unpaired) electrons. The molecule has 0 saturated heterocycles. The van der Waals surface area contributed by atoms with Crippen LogP contribution in [0.2, 0.25) is 0 Å². The number of hydrogen-bond acceptors (Lipinski definition) is 7. The van der Waals surface area contributed by atoms with Crippen LogP contribution in [0.5, 0.6) is 0 Å². The van der Waals surface area contributed by atoms with E-state index in [1.165, 1.54) is 6.08 Å². The summed E-state index contributed by atoms with van der Waals surface area (Å²) in [6.45, 7) is 5.27. The fourth-order valence-electron chi connectivity index (χ4n) is 1.90. The van der Waals surface area contributed by atoms with Crippen molar-refractivity contribution in [3.05, 3.63) is 41.0 Å². The van der Waals surface area contributed by atoms with Crippen LogP contribution in [0.3, 0.4) is 0 Å². The van der Waals surface area contributed by atoms with Crippen molar-refractivity contribution in [1.29, 1.82) is 0 Å². The van der Waals surface area contributed by atoms with E-state index >= 15 is 0 Å². The van der Waals surface area contributed by atoms with Crippen molar-refractivity contribution < 1.29 is 33.3 Å². The monoisotopic (exact) mass is 374 g/mol. The summed E-state index contributed by atoms with van der Waals surface area (Å²) in [4.78, 5) is 35.3. The molecule has 0 atom stereocenters. The lowest BCUT2D eigenvalue weighted by molar-refractivity contribution is -0.146.